The van der Waals surface area contributed by atoms with E-state index in [0.717, 1.165) is 11.3 Å². The minimum atomic E-state index is -0.882. The van der Waals surface area contributed by atoms with Gasteiger partial charge in [-0.2, -0.15) is 5.10 Å². The molecule has 1 amide bonds. The molecule has 4 rings (SSSR count). The summed E-state index contributed by atoms with van der Waals surface area (Å²) >= 11 is 0. The van der Waals surface area contributed by atoms with E-state index < -0.39 is 11.9 Å². The van der Waals surface area contributed by atoms with Crippen LogP contribution >= 0.6 is 0 Å². The van der Waals surface area contributed by atoms with E-state index in [0.29, 0.717) is 23.4 Å². The van der Waals surface area contributed by atoms with Gasteiger partial charge in [-0.1, -0.05) is 30.3 Å². The lowest BCUT2D eigenvalue weighted by molar-refractivity contribution is -0.141. The monoisotopic (exact) mass is 364 g/mol. The van der Waals surface area contributed by atoms with Crippen LogP contribution in [0.1, 0.15) is 33.2 Å². The molecule has 0 aliphatic carbocycles. The standard InChI is InChI=1S/C20H20N4O3/c1-12-8-18-21-9-15(13(2)24(18)22-12)19(25)23-10-16(17(11-23)20(26)27)14-6-4-3-5-7-14/h3-9,16-17H,10-11H2,1-2H3,(H,26,27)/t16-,17-/m0/s1. The number of hydrogen-bond acceptors (Lipinski definition) is 4. The molecule has 0 spiro atoms. The highest BCUT2D eigenvalue weighted by molar-refractivity contribution is 5.96. The van der Waals surface area contributed by atoms with Gasteiger partial charge >= 0.3 is 5.97 Å². The number of benzene rings is 1. The van der Waals surface area contributed by atoms with Gasteiger partial charge in [0.05, 0.1) is 22.9 Å². The Kier molecular flexibility index (Phi) is 4.14. The number of likely N-dealkylation sites (tertiary alicyclic amines) is 1. The number of carbonyl (C=O) groups is 2. The number of rotatable bonds is 3. The second-order valence-electron chi connectivity index (χ2n) is 6.99. The predicted molar refractivity (Wildman–Crippen MR) is 98.7 cm³/mol. The Balaban J connectivity index is 1.66. The maximum atomic E-state index is 13.1. The van der Waals surface area contributed by atoms with Gasteiger partial charge in [0.1, 0.15) is 0 Å². The third-order valence-corrected chi connectivity index (χ3v) is 5.23. The Morgan fingerprint density at radius 3 is 2.59 bits per heavy atom. The quantitative estimate of drug-likeness (QED) is 0.770. The van der Waals surface area contributed by atoms with Crippen molar-refractivity contribution in [3.05, 3.63) is 65.1 Å². The maximum Gasteiger partial charge on any atom is 0.308 e. The Morgan fingerprint density at radius 1 is 1.15 bits per heavy atom. The van der Waals surface area contributed by atoms with Crippen LogP contribution in [0, 0.1) is 19.8 Å². The highest BCUT2D eigenvalue weighted by Gasteiger charge is 2.41. The van der Waals surface area contributed by atoms with Crippen LogP contribution in [0.3, 0.4) is 0 Å². The van der Waals surface area contributed by atoms with E-state index in [4.69, 9.17) is 0 Å². The fourth-order valence-electron chi connectivity index (χ4n) is 3.80. The van der Waals surface area contributed by atoms with E-state index in [1.54, 1.807) is 15.6 Å². The van der Waals surface area contributed by atoms with Crippen molar-refractivity contribution in [1.82, 2.24) is 19.5 Å². The Morgan fingerprint density at radius 2 is 1.89 bits per heavy atom. The van der Waals surface area contributed by atoms with Crippen LogP contribution in [0.15, 0.2) is 42.6 Å². The Bertz CT molecular complexity index is 1030. The lowest BCUT2D eigenvalue weighted by Crippen LogP contribution is -2.31. The van der Waals surface area contributed by atoms with Gasteiger partial charge in [-0.15, -0.1) is 0 Å². The van der Waals surface area contributed by atoms with Crippen molar-refractivity contribution < 1.29 is 14.7 Å². The molecule has 0 saturated carbocycles. The van der Waals surface area contributed by atoms with Gasteiger partial charge in [0.25, 0.3) is 5.91 Å². The Hall–Kier alpha value is -3.22. The third-order valence-electron chi connectivity index (χ3n) is 5.23. The molecular weight excluding hydrogens is 344 g/mol. The predicted octanol–water partition coefficient (Wildman–Crippen LogP) is 2.29. The van der Waals surface area contributed by atoms with Crippen molar-refractivity contribution in [2.75, 3.05) is 13.1 Å². The van der Waals surface area contributed by atoms with Crippen LogP contribution in [0.25, 0.3) is 5.65 Å². The van der Waals surface area contributed by atoms with E-state index in [9.17, 15) is 14.7 Å². The first-order valence-corrected chi connectivity index (χ1v) is 8.84. The summed E-state index contributed by atoms with van der Waals surface area (Å²) in [4.78, 5) is 30.8. The zero-order valence-electron chi connectivity index (χ0n) is 15.2. The summed E-state index contributed by atoms with van der Waals surface area (Å²) in [5, 5.41) is 14.0. The first kappa shape index (κ1) is 17.2. The minimum absolute atomic E-state index is 0.184. The number of fused-ring (bicyclic) bond motifs is 1. The third kappa shape index (κ3) is 2.95. The molecule has 2 aromatic heterocycles. The van der Waals surface area contributed by atoms with Crippen molar-refractivity contribution in [3.63, 3.8) is 0 Å². The fourth-order valence-corrected chi connectivity index (χ4v) is 3.80. The topological polar surface area (TPSA) is 87.8 Å². The lowest BCUT2D eigenvalue weighted by Gasteiger charge is -2.18. The number of hydrogen-bond donors (Lipinski definition) is 1. The van der Waals surface area contributed by atoms with E-state index in [1.807, 2.05) is 50.2 Å². The smallest absolute Gasteiger partial charge is 0.308 e. The first-order chi connectivity index (χ1) is 13.0. The summed E-state index contributed by atoms with van der Waals surface area (Å²) in [7, 11) is 0. The second kappa shape index (κ2) is 6.50. The molecule has 3 heterocycles. The molecule has 7 heteroatoms. The largest absolute Gasteiger partial charge is 0.481 e. The van der Waals surface area contributed by atoms with Gasteiger partial charge < -0.3 is 10.0 Å². The number of nitrogens with zero attached hydrogens (tertiary/aromatic N) is 4. The summed E-state index contributed by atoms with van der Waals surface area (Å²) in [6, 6.07) is 11.4. The minimum Gasteiger partial charge on any atom is -0.481 e. The molecule has 27 heavy (non-hydrogen) atoms. The molecule has 7 nitrogen and oxygen atoms in total. The number of aromatic nitrogens is 3. The van der Waals surface area contributed by atoms with Crippen LogP contribution in [-0.2, 0) is 4.79 Å². The van der Waals surface area contributed by atoms with Crippen LogP contribution in [0.4, 0.5) is 0 Å². The number of aliphatic carboxylic acids is 1. The molecule has 1 aliphatic rings. The van der Waals surface area contributed by atoms with Gasteiger partial charge in [0.15, 0.2) is 5.65 Å². The van der Waals surface area contributed by atoms with Crippen LogP contribution < -0.4 is 0 Å². The van der Waals surface area contributed by atoms with Crippen molar-refractivity contribution >= 4 is 17.5 Å². The van der Waals surface area contributed by atoms with Gasteiger partial charge in [0.2, 0.25) is 0 Å². The normalized spacial score (nSPS) is 19.6. The average Bonchev–Trinajstić information content (AvgIpc) is 3.26. The lowest BCUT2D eigenvalue weighted by atomic mass is 9.89. The zero-order chi connectivity index (χ0) is 19.1. The van der Waals surface area contributed by atoms with Gasteiger partial charge in [-0.05, 0) is 19.4 Å². The summed E-state index contributed by atoms with van der Waals surface area (Å²) in [6.07, 6.45) is 1.56. The van der Waals surface area contributed by atoms with Gasteiger partial charge in [-0.3, -0.25) is 9.59 Å². The summed E-state index contributed by atoms with van der Waals surface area (Å²) < 4.78 is 1.65. The van der Waals surface area contributed by atoms with E-state index in [1.165, 1.54) is 0 Å². The highest BCUT2D eigenvalue weighted by atomic mass is 16.4. The molecule has 1 fully saturated rings. The van der Waals surface area contributed by atoms with Crippen molar-refractivity contribution in [2.45, 2.75) is 19.8 Å². The van der Waals surface area contributed by atoms with Gasteiger partial charge in [-0.25, -0.2) is 9.50 Å². The molecule has 0 radical (unpaired) electrons. The number of aryl methyl sites for hydroxylation is 2. The number of carboxylic acid groups (broad SMARTS) is 1. The number of carbonyl (C=O) groups excluding carboxylic acids is 1. The highest BCUT2D eigenvalue weighted by Crippen LogP contribution is 2.33. The van der Waals surface area contributed by atoms with Gasteiger partial charge in [0, 0.05) is 31.3 Å². The first-order valence-electron chi connectivity index (χ1n) is 8.84. The maximum absolute atomic E-state index is 13.1. The molecule has 1 aromatic carbocycles. The van der Waals surface area contributed by atoms with Crippen LogP contribution in [-0.4, -0.2) is 49.6 Å². The molecule has 1 N–H and O–H groups in total. The van der Waals surface area contributed by atoms with Crippen molar-refractivity contribution in [2.24, 2.45) is 5.92 Å². The molecule has 2 atom stereocenters. The molecule has 3 aromatic rings. The summed E-state index contributed by atoms with van der Waals surface area (Å²) in [5.41, 5.74) is 3.60. The van der Waals surface area contributed by atoms with E-state index in [2.05, 4.69) is 10.1 Å². The zero-order valence-corrected chi connectivity index (χ0v) is 15.2. The SMILES string of the molecule is Cc1cc2ncc(C(=O)N3C[C@H](C(=O)O)[C@H](c4ccccc4)C3)c(C)n2n1. The van der Waals surface area contributed by atoms with Crippen LogP contribution in [0.5, 0.6) is 0 Å². The number of carboxylic acids is 1. The van der Waals surface area contributed by atoms with E-state index >= 15 is 0 Å². The van der Waals surface area contributed by atoms with E-state index in [-0.39, 0.29) is 18.4 Å². The molecular formula is C20H20N4O3. The molecule has 0 unspecified atom stereocenters. The summed E-state index contributed by atoms with van der Waals surface area (Å²) in [6.45, 7) is 4.25. The Labute approximate surface area is 156 Å². The summed E-state index contributed by atoms with van der Waals surface area (Å²) in [5.74, 6) is -1.94. The van der Waals surface area contributed by atoms with Crippen LogP contribution in [0.2, 0.25) is 0 Å². The molecule has 138 valence electrons. The van der Waals surface area contributed by atoms with Crippen molar-refractivity contribution in [1.29, 1.82) is 0 Å². The second-order valence-corrected chi connectivity index (χ2v) is 6.99. The molecule has 1 aliphatic heterocycles. The fraction of sp³-hybridized carbons (Fsp3) is 0.300. The molecule has 0 bridgehead atoms. The average molecular weight is 364 g/mol. The number of amides is 1. The van der Waals surface area contributed by atoms with Crippen molar-refractivity contribution in [3.8, 4) is 0 Å². The molecule has 1 saturated heterocycles.